The summed E-state index contributed by atoms with van der Waals surface area (Å²) in [6.45, 7) is 8.89. The van der Waals surface area contributed by atoms with Crippen molar-refractivity contribution in [3.05, 3.63) is 41.0 Å². The number of hydrogen-bond donors (Lipinski definition) is 1. The van der Waals surface area contributed by atoms with Gasteiger partial charge in [-0.15, -0.1) is 12.6 Å². The van der Waals surface area contributed by atoms with E-state index < -0.39 is 0 Å². The van der Waals surface area contributed by atoms with E-state index in [2.05, 4.69) is 50.8 Å². The Labute approximate surface area is 141 Å². The molecule has 0 saturated heterocycles. The maximum Gasteiger partial charge on any atom is 0.00429 e. The van der Waals surface area contributed by atoms with Crippen molar-refractivity contribution in [3.8, 4) is 0 Å². The standard InChI is InChI=1S/C19H24S.C2H6/c1-12-3-8-18-17-6-4-13-11-14(20)5-7-15(13)16(17)9-10-19(12,18)2;1-2/h3,5,7,11,16-18,20H,4,6,8-10H2,1-2H3;1-2H3. The molecule has 0 nitrogen and oxygen atoms in total. The molecule has 0 spiro atoms. The Morgan fingerprint density at radius 3 is 2.73 bits per heavy atom. The molecule has 0 heterocycles. The monoisotopic (exact) mass is 314 g/mol. The Morgan fingerprint density at radius 1 is 1.18 bits per heavy atom. The molecule has 4 rings (SSSR count). The van der Waals surface area contributed by atoms with Crippen LogP contribution in [0.5, 0.6) is 0 Å². The van der Waals surface area contributed by atoms with Crippen LogP contribution in [0.3, 0.4) is 0 Å². The number of rotatable bonds is 0. The van der Waals surface area contributed by atoms with Crippen LogP contribution in [0.2, 0.25) is 0 Å². The maximum absolute atomic E-state index is 4.51. The number of fused-ring (bicyclic) bond motifs is 5. The summed E-state index contributed by atoms with van der Waals surface area (Å²) in [5.74, 6) is 2.61. The van der Waals surface area contributed by atoms with Crippen molar-refractivity contribution in [1.82, 2.24) is 0 Å². The van der Waals surface area contributed by atoms with Crippen LogP contribution in [0.15, 0.2) is 34.7 Å². The molecule has 4 unspecified atom stereocenters. The molecule has 1 aromatic rings. The summed E-state index contributed by atoms with van der Waals surface area (Å²) in [6, 6.07) is 6.86. The normalized spacial score (nSPS) is 35.5. The molecular weight excluding hydrogens is 284 g/mol. The second kappa shape index (κ2) is 6.07. The highest BCUT2D eigenvalue weighted by atomic mass is 32.1. The zero-order chi connectivity index (χ0) is 15.9. The molecule has 3 aliphatic carbocycles. The van der Waals surface area contributed by atoms with Crippen molar-refractivity contribution in [2.45, 2.75) is 70.6 Å². The molecule has 0 bridgehead atoms. The summed E-state index contributed by atoms with van der Waals surface area (Å²) in [5, 5.41) is 0. The lowest BCUT2D eigenvalue weighted by molar-refractivity contribution is 0.0753. The van der Waals surface area contributed by atoms with Gasteiger partial charge in [-0.1, -0.05) is 38.5 Å². The van der Waals surface area contributed by atoms with Crippen molar-refractivity contribution in [2.24, 2.45) is 17.3 Å². The van der Waals surface area contributed by atoms with E-state index in [9.17, 15) is 0 Å². The average molecular weight is 315 g/mol. The van der Waals surface area contributed by atoms with Crippen molar-refractivity contribution in [3.63, 3.8) is 0 Å². The number of hydrogen-bond acceptors (Lipinski definition) is 1. The minimum absolute atomic E-state index is 0.502. The lowest BCUT2D eigenvalue weighted by Crippen LogP contribution is -2.40. The summed E-state index contributed by atoms with van der Waals surface area (Å²) < 4.78 is 0. The van der Waals surface area contributed by atoms with Gasteiger partial charge in [-0.25, -0.2) is 0 Å². The fraction of sp³-hybridized carbons (Fsp3) is 0.619. The number of thiol groups is 1. The van der Waals surface area contributed by atoms with Gasteiger partial charge >= 0.3 is 0 Å². The van der Waals surface area contributed by atoms with Gasteiger partial charge in [-0.2, -0.15) is 0 Å². The summed E-state index contributed by atoms with van der Waals surface area (Å²) in [7, 11) is 0. The fourth-order valence-corrected chi connectivity index (χ4v) is 5.58. The van der Waals surface area contributed by atoms with Gasteiger partial charge in [-0.05, 0) is 85.5 Å². The van der Waals surface area contributed by atoms with E-state index in [0.29, 0.717) is 5.41 Å². The first-order valence-electron chi connectivity index (χ1n) is 9.08. The van der Waals surface area contributed by atoms with Gasteiger partial charge in [0.05, 0.1) is 0 Å². The highest BCUT2D eigenvalue weighted by Crippen LogP contribution is 2.60. The lowest BCUT2D eigenvalue weighted by atomic mass is 9.54. The Bertz CT molecular complexity index is 586. The van der Waals surface area contributed by atoms with E-state index in [4.69, 9.17) is 0 Å². The van der Waals surface area contributed by atoms with Gasteiger partial charge in [0.25, 0.3) is 0 Å². The minimum Gasteiger partial charge on any atom is -0.143 e. The lowest BCUT2D eigenvalue weighted by Gasteiger charge is -2.50. The molecule has 1 fully saturated rings. The Balaban J connectivity index is 0.000000693. The zero-order valence-electron chi connectivity index (χ0n) is 14.5. The molecular formula is C21H30S. The SMILES string of the molecule is CC.CC1=CCC2C3CCc4cc(S)ccc4C3CCC12C. The smallest absolute Gasteiger partial charge is 0.00429 e. The first-order valence-corrected chi connectivity index (χ1v) is 9.53. The maximum atomic E-state index is 4.51. The van der Waals surface area contributed by atoms with Gasteiger partial charge in [0.15, 0.2) is 0 Å². The van der Waals surface area contributed by atoms with E-state index in [-0.39, 0.29) is 0 Å². The molecule has 0 N–H and O–H groups in total. The van der Waals surface area contributed by atoms with Crippen molar-refractivity contribution in [1.29, 1.82) is 0 Å². The molecule has 0 radical (unpaired) electrons. The molecule has 120 valence electrons. The largest absolute Gasteiger partial charge is 0.143 e. The van der Waals surface area contributed by atoms with E-state index in [0.717, 1.165) is 22.6 Å². The van der Waals surface area contributed by atoms with Crippen LogP contribution in [-0.4, -0.2) is 0 Å². The van der Waals surface area contributed by atoms with Crippen LogP contribution in [-0.2, 0) is 6.42 Å². The van der Waals surface area contributed by atoms with E-state index in [1.807, 2.05) is 13.8 Å². The van der Waals surface area contributed by atoms with Crippen LogP contribution in [0.1, 0.15) is 70.4 Å². The molecule has 1 heteroatoms. The van der Waals surface area contributed by atoms with Crippen molar-refractivity contribution < 1.29 is 0 Å². The van der Waals surface area contributed by atoms with Gasteiger partial charge in [-0.3, -0.25) is 0 Å². The van der Waals surface area contributed by atoms with Crippen LogP contribution in [0.25, 0.3) is 0 Å². The summed E-state index contributed by atoms with van der Waals surface area (Å²) in [4.78, 5) is 1.13. The van der Waals surface area contributed by atoms with Crippen LogP contribution >= 0.6 is 12.6 Å². The predicted molar refractivity (Wildman–Crippen MR) is 98.8 cm³/mol. The first-order chi connectivity index (χ1) is 10.6. The average Bonchev–Trinajstić information content (AvgIpc) is 2.84. The Kier molecular flexibility index (Phi) is 4.47. The minimum atomic E-state index is 0.502. The van der Waals surface area contributed by atoms with Gasteiger partial charge in [0, 0.05) is 4.90 Å². The predicted octanol–water partition coefficient (Wildman–Crippen LogP) is 6.41. The van der Waals surface area contributed by atoms with Crippen molar-refractivity contribution >= 4 is 12.6 Å². The summed E-state index contributed by atoms with van der Waals surface area (Å²) in [6.07, 6.45) is 9.25. The summed E-state index contributed by atoms with van der Waals surface area (Å²) >= 11 is 4.51. The molecule has 22 heavy (non-hydrogen) atoms. The van der Waals surface area contributed by atoms with E-state index >= 15 is 0 Å². The first kappa shape index (κ1) is 16.2. The van der Waals surface area contributed by atoms with Crippen LogP contribution < -0.4 is 0 Å². The Hall–Kier alpha value is -0.690. The number of benzene rings is 1. The quantitative estimate of drug-likeness (QED) is 0.415. The number of allylic oxidation sites excluding steroid dienone is 2. The summed E-state index contributed by atoms with van der Waals surface area (Å²) in [5.41, 5.74) is 5.38. The van der Waals surface area contributed by atoms with Crippen LogP contribution in [0.4, 0.5) is 0 Å². The van der Waals surface area contributed by atoms with Gasteiger partial charge in [0.2, 0.25) is 0 Å². The highest BCUT2D eigenvalue weighted by Gasteiger charge is 2.50. The molecule has 4 atom stereocenters. The zero-order valence-corrected chi connectivity index (χ0v) is 15.4. The molecule has 0 amide bonds. The highest BCUT2D eigenvalue weighted by molar-refractivity contribution is 7.80. The third-order valence-electron chi connectivity index (χ3n) is 6.68. The second-order valence-electron chi connectivity index (χ2n) is 7.38. The molecule has 1 aromatic carbocycles. The molecule has 1 saturated carbocycles. The topological polar surface area (TPSA) is 0 Å². The second-order valence-corrected chi connectivity index (χ2v) is 7.89. The van der Waals surface area contributed by atoms with Crippen LogP contribution in [0, 0.1) is 17.3 Å². The molecule has 3 aliphatic rings. The Morgan fingerprint density at radius 2 is 1.95 bits per heavy atom. The van der Waals surface area contributed by atoms with E-state index in [1.165, 1.54) is 32.1 Å². The van der Waals surface area contributed by atoms with Gasteiger partial charge < -0.3 is 0 Å². The third-order valence-corrected chi connectivity index (χ3v) is 6.96. The van der Waals surface area contributed by atoms with Crippen molar-refractivity contribution in [2.75, 3.05) is 0 Å². The molecule has 0 aromatic heterocycles. The number of aryl methyl sites for hydroxylation is 1. The van der Waals surface area contributed by atoms with Gasteiger partial charge in [0.1, 0.15) is 0 Å². The van der Waals surface area contributed by atoms with E-state index in [1.54, 1.807) is 16.7 Å². The molecule has 0 aliphatic heterocycles. The third kappa shape index (κ3) is 2.37. The fourth-order valence-electron chi connectivity index (χ4n) is 5.35.